The van der Waals surface area contributed by atoms with Gasteiger partial charge in [-0.3, -0.25) is 4.79 Å². The van der Waals surface area contributed by atoms with Crippen LogP contribution >= 0.6 is 11.3 Å². The summed E-state index contributed by atoms with van der Waals surface area (Å²) in [6.45, 7) is -2.32. The van der Waals surface area contributed by atoms with E-state index in [-0.39, 0.29) is 5.69 Å². The van der Waals surface area contributed by atoms with Gasteiger partial charge in [0.1, 0.15) is 12.2 Å². The van der Waals surface area contributed by atoms with E-state index in [0.717, 1.165) is 4.88 Å². The normalized spacial score (nSPS) is 11.2. The van der Waals surface area contributed by atoms with Crippen molar-refractivity contribution in [1.82, 2.24) is 15.1 Å². The first-order valence-electron chi connectivity index (χ1n) is 8.03. The molecule has 3 aromatic rings. The highest BCUT2D eigenvalue weighted by Gasteiger charge is 2.28. The van der Waals surface area contributed by atoms with Gasteiger partial charge in [-0.05, 0) is 23.6 Å². The Bertz CT molecular complexity index is 954. The number of benzene rings is 1. The van der Waals surface area contributed by atoms with Crippen molar-refractivity contribution in [3.63, 3.8) is 0 Å². The molecular formula is C18H14F3N3O3S. The van der Waals surface area contributed by atoms with Crippen LogP contribution in [-0.2, 0) is 9.53 Å². The lowest BCUT2D eigenvalue weighted by atomic mass is 10.3. The van der Waals surface area contributed by atoms with E-state index < -0.39 is 31.2 Å². The van der Waals surface area contributed by atoms with Crippen LogP contribution in [0.15, 0.2) is 53.9 Å². The van der Waals surface area contributed by atoms with Crippen molar-refractivity contribution in [3.8, 4) is 16.3 Å². The highest BCUT2D eigenvalue weighted by molar-refractivity contribution is 7.13. The number of carbonyl (C=O) groups is 2. The molecule has 0 aliphatic carbocycles. The first kappa shape index (κ1) is 19.6. The Labute approximate surface area is 161 Å². The lowest BCUT2D eigenvalue weighted by Gasteiger charge is -2.09. The summed E-state index contributed by atoms with van der Waals surface area (Å²) in [6.07, 6.45) is -4.54. The number of ether oxygens (including phenoxy) is 1. The van der Waals surface area contributed by atoms with Gasteiger partial charge in [0.05, 0.1) is 10.6 Å². The summed E-state index contributed by atoms with van der Waals surface area (Å²) in [4.78, 5) is 24.7. The van der Waals surface area contributed by atoms with Crippen LogP contribution in [0.1, 0.15) is 10.5 Å². The minimum atomic E-state index is -4.54. The Hall–Kier alpha value is -3.14. The molecule has 28 heavy (non-hydrogen) atoms. The molecule has 0 spiro atoms. The highest BCUT2D eigenvalue weighted by atomic mass is 32.1. The van der Waals surface area contributed by atoms with Crippen molar-refractivity contribution in [2.45, 2.75) is 6.18 Å². The molecule has 0 fully saturated rings. The van der Waals surface area contributed by atoms with Gasteiger partial charge in [-0.25, -0.2) is 9.48 Å². The Kier molecular flexibility index (Phi) is 5.78. The minimum Gasteiger partial charge on any atom is -0.451 e. The Morgan fingerprint density at radius 3 is 2.54 bits per heavy atom. The second-order valence-corrected chi connectivity index (χ2v) is 6.56. The van der Waals surface area contributed by atoms with Crippen molar-refractivity contribution >= 4 is 23.2 Å². The van der Waals surface area contributed by atoms with E-state index in [4.69, 9.17) is 4.74 Å². The van der Waals surface area contributed by atoms with Crippen LogP contribution in [0.5, 0.6) is 0 Å². The molecule has 1 amide bonds. The molecule has 10 heteroatoms. The molecule has 0 atom stereocenters. The van der Waals surface area contributed by atoms with Crippen molar-refractivity contribution in [1.29, 1.82) is 0 Å². The minimum absolute atomic E-state index is 0.0539. The second-order valence-electron chi connectivity index (χ2n) is 5.61. The van der Waals surface area contributed by atoms with E-state index in [1.165, 1.54) is 22.1 Å². The predicted molar refractivity (Wildman–Crippen MR) is 96.2 cm³/mol. The summed E-state index contributed by atoms with van der Waals surface area (Å²) in [7, 11) is 0. The van der Waals surface area contributed by atoms with Crippen molar-refractivity contribution in [2.75, 3.05) is 13.2 Å². The average Bonchev–Trinajstić information content (AvgIpc) is 3.34. The second kappa shape index (κ2) is 8.26. The Morgan fingerprint density at radius 1 is 1.14 bits per heavy atom. The zero-order valence-corrected chi connectivity index (χ0v) is 15.1. The SMILES string of the molecule is O=C(COC(=O)c1cc(-c2cccs2)nn1-c1ccccc1)NCC(F)(F)F. The fraction of sp³-hybridized carbons (Fsp3) is 0.167. The van der Waals surface area contributed by atoms with Gasteiger partial charge in [0.15, 0.2) is 12.3 Å². The molecule has 0 saturated heterocycles. The van der Waals surface area contributed by atoms with Gasteiger partial charge in [0.2, 0.25) is 0 Å². The standard InChI is InChI=1S/C18H14F3N3O3S/c19-18(20,21)11-22-16(25)10-27-17(26)14-9-13(15-7-4-8-28-15)23-24(14)12-5-2-1-3-6-12/h1-9H,10-11H2,(H,22,25). The number of halogens is 3. The first-order chi connectivity index (χ1) is 13.3. The van der Waals surface area contributed by atoms with Gasteiger partial charge >= 0.3 is 12.1 Å². The molecule has 2 aromatic heterocycles. The summed E-state index contributed by atoms with van der Waals surface area (Å²) in [5, 5.41) is 7.92. The van der Waals surface area contributed by atoms with Gasteiger partial charge in [-0.2, -0.15) is 18.3 Å². The van der Waals surface area contributed by atoms with Gasteiger partial charge in [-0.15, -0.1) is 11.3 Å². The molecular weight excluding hydrogens is 395 g/mol. The lowest BCUT2D eigenvalue weighted by molar-refractivity contribution is -0.140. The molecule has 1 N–H and O–H groups in total. The zero-order valence-electron chi connectivity index (χ0n) is 14.3. The van der Waals surface area contributed by atoms with Crippen LogP contribution in [0.25, 0.3) is 16.3 Å². The summed E-state index contributed by atoms with van der Waals surface area (Å²) in [6, 6.07) is 14.0. The summed E-state index contributed by atoms with van der Waals surface area (Å²) in [5.41, 5.74) is 1.18. The number of thiophene rings is 1. The van der Waals surface area contributed by atoms with E-state index >= 15 is 0 Å². The van der Waals surface area contributed by atoms with E-state index in [1.807, 2.05) is 17.5 Å². The Balaban J connectivity index is 1.78. The summed E-state index contributed by atoms with van der Waals surface area (Å²) in [5.74, 6) is -1.92. The number of aromatic nitrogens is 2. The molecule has 146 valence electrons. The fourth-order valence-electron chi connectivity index (χ4n) is 2.29. The van der Waals surface area contributed by atoms with Crippen molar-refractivity contribution < 1.29 is 27.5 Å². The van der Waals surface area contributed by atoms with Crippen LogP contribution < -0.4 is 5.32 Å². The average molecular weight is 409 g/mol. The number of nitrogens with one attached hydrogen (secondary N) is 1. The highest BCUT2D eigenvalue weighted by Crippen LogP contribution is 2.26. The van der Waals surface area contributed by atoms with Gasteiger partial charge in [-0.1, -0.05) is 24.3 Å². The number of hydrogen-bond donors (Lipinski definition) is 1. The van der Waals surface area contributed by atoms with E-state index in [9.17, 15) is 22.8 Å². The number of esters is 1. The van der Waals surface area contributed by atoms with Gasteiger partial charge in [0.25, 0.3) is 5.91 Å². The van der Waals surface area contributed by atoms with Crippen LogP contribution in [-0.4, -0.2) is 41.0 Å². The first-order valence-corrected chi connectivity index (χ1v) is 8.91. The molecule has 0 saturated carbocycles. The molecule has 2 heterocycles. The lowest BCUT2D eigenvalue weighted by Crippen LogP contribution is -2.36. The fourth-order valence-corrected chi connectivity index (χ4v) is 2.97. The van der Waals surface area contributed by atoms with Crippen LogP contribution in [0.4, 0.5) is 13.2 Å². The zero-order chi connectivity index (χ0) is 20.1. The van der Waals surface area contributed by atoms with Crippen LogP contribution in [0.3, 0.4) is 0 Å². The maximum atomic E-state index is 12.4. The van der Waals surface area contributed by atoms with E-state index in [1.54, 1.807) is 35.6 Å². The molecule has 1 aromatic carbocycles. The molecule has 6 nitrogen and oxygen atoms in total. The molecule has 0 aliphatic rings. The monoisotopic (exact) mass is 409 g/mol. The van der Waals surface area contributed by atoms with Gasteiger partial charge < -0.3 is 10.1 Å². The topological polar surface area (TPSA) is 73.2 Å². The maximum Gasteiger partial charge on any atom is 0.405 e. The largest absolute Gasteiger partial charge is 0.451 e. The number of amides is 1. The maximum absolute atomic E-state index is 12.4. The number of para-hydroxylation sites is 1. The summed E-state index contributed by atoms with van der Waals surface area (Å²) < 4.78 is 42.6. The molecule has 0 bridgehead atoms. The predicted octanol–water partition coefficient (Wildman–Crippen LogP) is 3.44. The molecule has 0 radical (unpaired) electrons. The number of nitrogens with zero attached hydrogens (tertiary/aromatic N) is 2. The smallest absolute Gasteiger partial charge is 0.405 e. The number of rotatable bonds is 6. The third-order valence-corrected chi connectivity index (χ3v) is 4.41. The molecule has 0 aliphatic heterocycles. The van der Waals surface area contributed by atoms with Crippen molar-refractivity contribution in [3.05, 3.63) is 59.6 Å². The third-order valence-electron chi connectivity index (χ3n) is 3.51. The van der Waals surface area contributed by atoms with Gasteiger partial charge in [0, 0.05) is 6.07 Å². The van der Waals surface area contributed by atoms with E-state index in [0.29, 0.717) is 11.4 Å². The number of alkyl halides is 3. The third kappa shape index (κ3) is 4.97. The summed E-state index contributed by atoms with van der Waals surface area (Å²) >= 11 is 1.43. The number of hydrogen-bond acceptors (Lipinski definition) is 5. The quantitative estimate of drug-likeness (QED) is 0.633. The Morgan fingerprint density at radius 2 is 1.89 bits per heavy atom. The van der Waals surface area contributed by atoms with E-state index in [2.05, 4.69) is 5.10 Å². The number of carbonyl (C=O) groups excluding carboxylic acids is 2. The van der Waals surface area contributed by atoms with Crippen LogP contribution in [0.2, 0.25) is 0 Å². The van der Waals surface area contributed by atoms with Crippen LogP contribution in [0, 0.1) is 0 Å². The molecule has 3 rings (SSSR count). The van der Waals surface area contributed by atoms with Crippen molar-refractivity contribution in [2.24, 2.45) is 0 Å². The molecule has 0 unspecified atom stereocenters.